The molecule has 0 radical (unpaired) electrons. The molecule has 0 saturated heterocycles. The summed E-state index contributed by atoms with van der Waals surface area (Å²) in [7, 11) is 0. The number of anilines is 1. The number of benzene rings is 3. The van der Waals surface area contributed by atoms with Crippen molar-refractivity contribution >= 4 is 23.4 Å². The summed E-state index contributed by atoms with van der Waals surface area (Å²) >= 11 is 1.34. The Bertz CT molecular complexity index is 1230. The lowest BCUT2D eigenvalue weighted by Crippen LogP contribution is -2.15. The van der Waals surface area contributed by atoms with Crippen LogP contribution in [-0.4, -0.2) is 26.4 Å². The minimum Gasteiger partial charge on any atom is -0.486 e. The molecule has 1 N–H and O–H groups in total. The summed E-state index contributed by atoms with van der Waals surface area (Å²) < 4.78 is 7.89. The van der Waals surface area contributed by atoms with Crippen molar-refractivity contribution in [3.05, 3.63) is 95.3 Å². The van der Waals surface area contributed by atoms with Gasteiger partial charge in [-0.25, -0.2) is 0 Å². The number of nitrogens with zero attached hydrogens (tertiary/aromatic N) is 3. The Hall–Kier alpha value is -3.58. The van der Waals surface area contributed by atoms with Gasteiger partial charge in [-0.05, 0) is 62.7 Å². The van der Waals surface area contributed by atoms with Crippen molar-refractivity contribution in [3.63, 3.8) is 0 Å². The molecule has 0 fully saturated rings. The average molecular weight is 459 g/mol. The Kier molecular flexibility index (Phi) is 7.10. The van der Waals surface area contributed by atoms with Crippen molar-refractivity contribution in [2.45, 2.75) is 32.5 Å². The van der Waals surface area contributed by atoms with Crippen LogP contribution in [0.3, 0.4) is 0 Å². The standard InChI is InChI=1S/C26H26N4O2S/c1-18-7-11-22(12-8-18)30-24(16-32-23-13-9-19(2)10-14-23)28-29-26(30)33-17-25(31)27-21-6-4-5-20(3)15-21/h4-15H,16-17H2,1-3H3,(H,27,31). The van der Waals surface area contributed by atoms with Gasteiger partial charge in [-0.1, -0.05) is 59.3 Å². The maximum atomic E-state index is 12.5. The highest BCUT2D eigenvalue weighted by molar-refractivity contribution is 7.99. The molecule has 1 amide bonds. The van der Waals surface area contributed by atoms with E-state index in [4.69, 9.17) is 4.74 Å². The summed E-state index contributed by atoms with van der Waals surface area (Å²) in [5, 5.41) is 12.3. The van der Waals surface area contributed by atoms with E-state index in [9.17, 15) is 4.79 Å². The van der Waals surface area contributed by atoms with E-state index < -0.39 is 0 Å². The van der Waals surface area contributed by atoms with Crippen LogP contribution >= 0.6 is 11.8 Å². The van der Waals surface area contributed by atoms with Gasteiger partial charge in [-0.2, -0.15) is 0 Å². The lowest BCUT2D eigenvalue weighted by Gasteiger charge is -2.12. The first-order valence-corrected chi connectivity index (χ1v) is 11.7. The minimum atomic E-state index is -0.0958. The van der Waals surface area contributed by atoms with E-state index in [0.717, 1.165) is 28.3 Å². The highest BCUT2D eigenvalue weighted by Crippen LogP contribution is 2.24. The Morgan fingerprint density at radius 3 is 2.30 bits per heavy atom. The number of hydrogen-bond acceptors (Lipinski definition) is 5. The van der Waals surface area contributed by atoms with E-state index in [0.29, 0.717) is 11.0 Å². The Morgan fingerprint density at radius 2 is 1.61 bits per heavy atom. The molecule has 0 aliphatic rings. The lowest BCUT2D eigenvalue weighted by atomic mass is 10.2. The first-order valence-electron chi connectivity index (χ1n) is 10.7. The van der Waals surface area contributed by atoms with E-state index in [2.05, 4.69) is 15.5 Å². The number of ether oxygens (including phenoxy) is 1. The third kappa shape index (κ3) is 6.02. The zero-order valence-corrected chi connectivity index (χ0v) is 19.7. The van der Waals surface area contributed by atoms with Gasteiger partial charge in [0.25, 0.3) is 0 Å². The van der Waals surface area contributed by atoms with Gasteiger partial charge in [0.15, 0.2) is 11.0 Å². The second kappa shape index (κ2) is 10.4. The van der Waals surface area contributed by atoms with Crippen molar-refractivity contribution in [3.8, 4) is 11.4 Å². The third-order valence-electron chi connectivity index (χ3n) is 5.02. The molecule has 0 unspecified atom stereocenters. The fourth-order valence-corrected chi connectivity index (χ4v) is 4.04. The summed E-state index contributed by atoms with van der Waals surface area (Å²) in [5.41, 5.74) is 5.14. The minimum absolute atomic E-state index is 0.0958. The van der Waals surface area contributed by atoms with Gasteiger partial charge in [0.1, 0.15) is 12.4 Å². The number of thioether (sulfide) groups is 1. The molecule has 0 aliphatic heterocycles. The Balaban J connectivity index is 1.51. The molecule has 0 spiro atoms. The predicted molar refractivity (Wildman–Crippen MR) is 132 cm³/mol. The molecule has 1 aromatic heterocycles. The molecule has 4 aromatic rings. The van der Waals surface area contributed by atoms with Crippen LogP contribution in [0.15, 0.2) is 78.0 Å². The van der Waals surface area contributed by atoms with Crippen LogP contribution in [-0.2, 0) is 11.4 Å². The van der Waals surface area contributed by atoms with E-state index in [1.54, 1.807) is 0 Å². The SMILES string of the molecule is Cc1ccc(OCc2nnc(SCC(=O)Nc3cccc(C)c3)n2-c2ccc(C)cc2)cc1. The predicted octanol–water partition coefficient (Wildman–Crippen LogP) is 5.50. The fraction of sp³-hybridized carbons (Fsp3) is 0.192. The van der Waals surface area contributed by atoms with Gasteiger partial charge in [0.2, 0.25) is 5.91 Å². The molecule has 0 atom stereocenters. The molecule has 4 rings (SSSR count). The second-order valence-corrected chi connectivity index (χ2v) is 8.82. The summed E-state index contributed by atoms with van der Waals surface area (Å²) in [6.07, 6.45) is 0. The van der Waals surface area contributed by atoms with Gasteiger partial charge >= 0.3 is 0 Å². The Labute approximate surface area is 198 Å². The van der Waals surface area contributed by atoms with E-state index in [1.807, 2.05) is 98.1 Å². The number of nitrogens with one attached hydrogen (secondary N) is 1. The van der Waals surface area contributed by atoms with Crippen LogP contribution in [0.1, 0.15) is 22.5 Å². The van der Waals surface area contributed by atoms with Crippen LogP contribution in [0.4, 0.5) is 5.69 Å². The number of aryl methyl sites for hydroxylation is 3. The molecule has 6 nitrogen and oxygen atoms in total. The Morgan fingerprint density at radius 1 is 0.909 bits per heavy atom. The molecule has 168 valence electrons. The molecule has 7 heteroatoms. The highest BCUT2D eigenvalue weighted by atomic mass is 32.2. The molecular formula is C26H26N4O2S. The second-order valence-electron chi connectivity index (χ2n) is 7.88. The molecular weight excluding hydrogens is 432 g/mol. The lowest BCUT2D eigenvalue weighted by molar-refractivity contribution is -0.113. The van der Waals surface area contributed by atoms with Crippen LogP contribution in [0, 0.1) is 20.8 Å². The number of hydrogen-bond donors (Lipinski definition) is 1. The monoisotopic (exact) mass is 458 g/mol. The van der Waals surface area contributed by atoms with Crippen molar-refractivity contribution in [1.82, 2.24) is 14.8 Å². The average Bonchev–Trinajstić information content (AvgIpc) is 3.21. The van der Waals surface area contributed by atoms with Crippen molar-refractivity contribution in [2.24, 2.45) is 0 Å². The largest absolute Gasteiger partial charge is 0.486 e. The van der Waals surface area contributed by atoms with Crippen molar-refractivity contribution < 1.29 is 9.53 Å². The molecule has 1 heterocycles. The van der Waals surface area contributed by atoms with Gasteiger partial charge in [-0.3, -0.25) is 9.36 Å². The topological polar surface area (TPSA) is 69.0 Å². The maximum absolute atomic E-state index is 12.5. The first kappa shape index (κ1) is 22.6. The highest BCUT2D eigenvalue weighted by Gasteiger charge is 2.17. The number of carbonyl (C=O) groups excluding carboxylic acids is 1. The molecule has 0 bridgehead atoms. The zero-order valence-electron chi connectivity index (χ0n) is 18.9. The quantitative estimate of drug-likeness (QED) is 0.353. The number of rotatable bonds is 8. The first-order chi connectivity index (χ1) is 16.0. The van der Waals surface area contributed by atoms with Crippen LogP contribution in [0.25, 0.3) is 5.69 Å². The molecule has 0 aliphatic carbocycles. The number of amides is 1. The molecule has 33 heavy (non-hydrogen) atoms. The number of aromatic nitrogens is 3. The summed E-state index contributed by atoms with van der Waals surface area (Å²) in [4.78, 5) is 12.5. The molecule has 3 aromatic carbocycles. The zero-order chi connectivity index (χ0) is 23.2. The molecule has 0 saturated carbocycles. The van der Waals surface area contributed by atoms with E-state index in [1.165, 1.54) is 17.3 Å². The van der Waals surface area contributed by atoms with Crippen molar-refractivity contribution in [1.29, 1.82) is 0 Å². The van der Waals surface area contributed by atoms with Crippen molar-refractivity contribution in [2.75, 3.05) is 11.1 Å². The van der Waals surface area contributed by atoms with Crippen LogP contribution < -0.4 is 10.1 Å². The number of carbonyl (C=O) groups is 1. The summed E-state index contributed by atoms with van der Waals surface area (Å²) in [6, 6.07) is 23.8. The van der Waals surface area contributed by atoms with E-state index in [-0.39, 0.29) is 18.3 Å². The smallest absolute Gasteiger partial charge is 0.234 e. The third-order valence-corrected chi connectivity index (χ3v) is 5.94. The maximum Gasteiger partial charge on any atom is 0.234 e. The summed E-state index contributed by atoms with van der Waals surface area (Å²) in [6.45, 7) is 6.34. The normalized spacial score (nSPS) is 10.8. The van der Waals surface area contributed by atoms with E-state index >= 15 is 0 Å². The summed E-state index contributed by atoms with van der Waals surface area (Å²) in [5.74, 6) is 1.56. The van der Waals surface area contributed by atoms with Gasteiger partial charge < -0.3 is 10.1 Å². The fourth-order valence-electron chi connectivity index (χ4n) is 3.27. The van der Waals surface area contributed by atoms with Gasteiger partial charge in [-0.15, -0.1) is 10.2 Å². The van der Waals surface area contributed by atoms with Crippen LogP contribution in [0.5, 0.6) is 5.75 Å². The van der Waals surface area contributed by atoms with Gasteiger partial charge in [0.05, 0.1) is 5.75 Å². The van der Waals surface area contributed by atoms with Crippen LogP contribution in [0.2, 0.25) is 0 Å². The van der Waals surface area contributed by atoms with Gasteiger partial charge in [0, 0.05) is 11.4 Å².